The number of hydrogen-bond donors (Lipinski definition) is 1. The fraction of sp³-hybridized carbons (Fsp3) is 0.423. The van der Waals surface area contributed by atoms with Gasteiger partial charge >= 0.3 is 0 Å². The van der Waals surface area contributed by atoms with E-state index in [1.54, 1.807) is 54.4 Å². The normalized spacial score (nSPS) is 15.7. The van der Waals surface area contributed by atoms with E-state index in [0.717, 1.165) is 17.1 Å². The van der Waals surface area contributed by atoms with Crippen LogP contribution in [0.15, 0.2) is 43.0 Å². The van der Waals surface area contributed by atoms with Crippen molar-refractivity contribution in [1.82, 2.24) is 29.7 Å². The van der Waals surface area contributed by atoms with Crippen molar-refractivity contribution >= 4 is 29.2 Å². The second kappa shape index (κ2) is 11.6. The Hall–Kier alpha value is -3.66. The highest BCUT2D eigenvalue weighted by Crippen LogP contribution is 2.26. The number of benzene rings is 1. The first-order chi connectivity index (χ1) is 17.7. The monoisotopic (exact) mass is 525 g/mol. The van der Waals surface area contributed by atoms with Crippen molar-refractivity contribution < 1.29 is 14.3 Å². The molecule has 1 aliphatic heterocycles. The molecular formula is C26H32ClN7O3. The fourth-order valence-electron chi connectivity index (χ4n) is 4.30. The summed E-state index contributed by atoms with van der Waals surface area (Å²) in [4.78, 5) is 42.7. The van der Waals surface area contributed by atoms with Gasteiger partial charge in [-0.2, -0.15) is 4.98 Å². The number of piperazine rings is 1. The zero-order valence-corrected chi connectivity index (χ0v) is 22.3. The number of anilines is 1. The molecule has 1 aliphatic rings. The molecule has 4 rings (SSSR count). The van der Waals surface area contributed by atoms with E-state index >= 15 is 0 Å². The van der Waals surface area contributed by atoms with Crippen molar-refractivity contribution in [2.24, 2.45) is 0 Å². The number of nitrogens with one attached hydrogen (secondary N) is 1. The van der Waals surface area contributed by atoms with Crippen molar-refractivity contribution in [2.45, 2.75) is 45.7 Å². The van der Waals surface area contributed by atoms with E-state index in [1.165, 1.54) is 0 Å². The van der Waals surface area contributed by atoms with Gasteiger partial charge in [0.05, 0.1) is 23.9 Å². The van der Waals surface area contributed by atoms with E-state index in [4.69, 9.17) is 26.3 Å². The van der Waals surface area contributed by atoms with Gasteiger partial charge in [0.25, 0.3) is 0 Å². The Labute approximate surface area is 221 Å². The van der Waals surface area contributed by atoms with E-state index in [9.17, 15) is 9.59 Å². The van der Waals surface area contributed by atoms with Gasteiger partial charge in [0.15, 0.2) is 0 Å². The first-order valence-electron chi connectivity index (χ1n) is 12.2. The third kappa shape index (κ3) is 6.37. The predicted molar refractivity (Wildman–Crippen MR) is 141 cm³/mol. The standard InChI is InChI=1S/C26H32ClN7O3/c1-17(2)22-13-24(31-26(30-22)33-8-7-28-16-33)34-10-9-32(18(3)35)15-20(34)12-25(36)29-14-19-5-6-23(37-4)21(27)11-19/h5-8,11,13,16-17,20H,9-10,12,14-15H2,1-4H3,(H,29,36). The van der Waals surface area contributed by atoms with Crippen molar-refractivity contribution in [1.29, 1.82) is 0 Å². The first-order valence-corrected chi connectivity index (χ1v) is 12.6. The molecule has 37 heavy (non-hydrogen) atoms. The molecule has 1 unspecified atom stereocenters. The van der Waals surface area contributed by atoms with Gasteiger partial charge in [0.2, 0.25) is 17.8 Å². The molecule has 10 nitrogen and oxygen atoms in total. The summed E-state index contributed by atoms with van der Waals surface area (Å²) < 4.78 is 6.96. The molecule has 0 saturated carbocycles. The van der Waals surface area contributed by atoms with Crippen LogP contribution in [0.25, 0.3) is 5.95 Å². The summed E-state index contributed by atoms with van der Waals surface area (Å²) in [5, 5.41) is 3.47. The summed E-state index contributed by atoms with van der Waals surface area (Å²) in [6.45, 7) is 7.59. The van der Waals surface area contributed by atoms with Gasteiger partial charge in [-0.1, -0.05) is 31.5 Å². The fourth-order valence-corrected chi connectivity index (χ4v) is 4.58. The highest BCUT2D eigenvalue weighted by molar-refractivity contribution is 6.32. The lowest BCUT2D eigenvalue weighted by molar-refractivity contribution is -0.130. The average Bonchev–Trinajstić information content (AvgIpc) is 3.42. The molecule has 1 saturated heterocycles. The number of nitrogens with zero attached hydrogens (tertiary/aromatic N) is 6. The molecule has 1 N–H and O–H groups in total. The molecule has 1 fully saturated rings. The SMILES string of the molecule is COc1ccc(CNC(=O)CC2CN(C(C)=O)CCN2c2cc(C(C)C)nc(-n3ccnc3)n2)cc1Cl. The number of methoxy groups -OCH3 is 1. The summed E-state index contributed by atoms with van der Waals surface area (Å²) in [7, 11) is 1.56. The highest BCUT2D eigenvalue weighted by atomic mass is 35.5. The Bertz CT molecular complexity index is 1250. The first kappa shape index (κ1) is 26.4. The van der Waals surface area contributed by atoms with Crippen LogP contribution in [0.5, 0.6) is 5.75 Å². The Morgan fingerprint density at radius 2 is 2.03 bits per heavy atom. The molecule has 1 atom stereocenters. The molecule has 11 heteroatoms. The zero-order valence-electron chi connectivity index (χ0n) is 21.5. The third-order valence-electron chi connectivity index (χ3n) is 6.40. The molecule has 1 aromatic carbocycles. The number of carbonyl (C=O) groups excluding carboxylic acids is 2. The number of carbonyl (C=O) groups is 2. The van der Waals surface area contributed by atoms with Gasteiger partial charge in [0, 0.05) is 58.0 Å². The summed E-state index contributed by atoms with van der Waals surface area (Å²) in [6.07, 6.45) is 5.34. The summed E-state index contributed by atoms with van der Waals surface area (Å²) in [5.74, 6) is 1.88. The number of ether oxygens (including phenoxy) is 1. The zero-order chi connectivity index (χ0) is 26.5. The molecule has 2 aromatic heterocycles. The maximum Gasteiger partial charge on any atom is 0.237 e. The van der Waals surface area contributed by atoms with Crippen LogP contribution >= 0.6 is 11.6 Å². The molecule has 0 spiro atoms. The van der Waals surface area contributed by atoms with E-state index in [1.807, 2.05) is 12.1 Å². The van der Waals surface area contributed by atoms with Crippen LogP contribution in [0, 0.1) is 0 Å². The van der Waals surface area contributed by atoms with Crippen molar-refractivity contribution in [3.63, 3.8) is 0 Å². The van der Waals surface area contributed by atoms with Gasteiger partial charge < -0.3 is 19.9 Å². The average molecular weight is 526 g/mol. The molecule has 3 heterocycles. The maximum absolute atomic E-state index is 13.0. The van der Waals surface area contributed by atoms with Crippen molar-refractivity contribution in [3.05, 3.63) is 59.3 Å². The van der Waals surface area contributed by atoms with E-state index in [2.05, 4.69) is 29.0 Å². The number of rotatable bonds is 8. The Morgan fingerprint density at radius 3 is 2.68 bits per heavy atom. The number of halogens is 1. The maximum atomic E-state index is 13.0. The molecule has 0 aliphatic carbocycles. The van der Waals surface area contributed by atoms with Gasteiger partial charge in [-0.05, 0) is 23.6 Å². The lowest BCUT2D eigenvalue weighted by atomic mass is 10.1. The number of aromatic nitrogens is 4. The second-order valence-corrected chi connectivity index (χ2v) is 9.74. The molecule has 0 bridgehead atoms. The Kier molecular flexibility index (Phi) is 8.27. The van der Waals surface area contributed by atoms with Gasteiger partial charge in [-0.25, -0.2) is 9.97 Å². The van der Waals surface area contributed by atoms with Gasteiger partial charge in [-0.15, -0.1) is 0 Å². The third-order valence-corrected chi connectivity index (χ3v) is 6.69. The largest absolute Gasteiger partial charge is 0.495 e. The van der Waals surface area contributed by atoms with Gasteiger partial charge in [-0.3, -0.25) is 14.2 Å². The van der Waals surface area contributed by atoms with Crippen molar-refractivity contribution in [2.75, 3.05) is 31.6 Å². The minimum atomic E-state index is -0.248. The van der Waals surface area contributed by atoms with Crippen molar-refractivity contribution in [3.8, 4) is 11.7 Å². The summed E-state index contributed by atoms with van der Waals surface area (Å²) in [5.41, 5.74) is 1.76. The predicted octanol–water partition coefficient (Wildman–Crippen LogP) is 3.19. The number of hydrogen-bond acceptors (Lipinski definition) is 7. The summed E-state index contributed by atoms with van der Waals surface area (Å²) in [6, 6.07) is 7.14. The second-order valence-electron chi connectivity index (χ2n) is 9.34. The topological polar surface area (TPSA) is 105 Å². The van der Waals surface area contributed by atoms with Crippen LogP contribution in [-0.4, -0.2) is 69.0 Å². The Morgan fingerprint density at radius 1 is 1.22 bits per heavy atom. The van der Waals surface area contributed by atoms with Crippen LogP contribution in [0.3, 0.4) is 0 Å². The van der Waals surface area contributed by atoms with E-state index in [0.29, 0.717) is 42.9 Å². The minimum absolute atomic E-state index is 0.0115. The minimum Gasteiger partial charge on any atom is -0.495 e. The van der Waals surface area contributed by atoms with Crippen LogP contribution in [0.2, 0.25) is 5.02 Å². The lowest BCUT2D eigenvalue weighted by Gasteiger charge is -2.41. The van der Waals surface area contributed by atoms with E-state index < -0.39 is 0 Å². The van der Waals surface area contributed by atoms with Gasteiger partial charge in [0.1, 0.15) is 17.9 Å². The highest BCUT2D eigenvalue weighted by Gasteiger charge is 2.31. The number of imidazole rings is 1. The lowest BCUT2D eigenvalue weighted by Crippen LogP contribution is -2.56. The molecule has 196 valence electrons. The smallest absolute Gasteiger partial charge is 0.237 e. The van der Waals surface area contributed by atoms with Crippen LogP contribution < -0.4 is 15.0 Å². The van der Waals surface area contributed by atoms with Crippen LogP contribution in [-0.2, 0) is 16.1 Å². The number of amides is 2. The van der Waals surface area contributed by atoms with Crippen LogP contribution in [0.1, 0.15) is 44.4 Å². The summed E-state index contributed by atoms with van der Waals surface area (Å²) >= 11 is 6.22. The molecule has 3 aromatic rings. The molecule has 2 amide bonds. The van der Waals surface area contributed by atoms with Crippen LogP contribution in [0.4, 0.5) is 5.82 Å². The van der Waals surface area contributed by atoms with E-state index in [-0.39, 0.29) is 30.2 Å². The molecular weight excluding hydrogens is 494 g/mol. The quantitative estimate of drug-likeness (QED) is 0.481. The molecule has 0 radical (unpaired) electrons. The Balaban J connectivity index is 1.55.